The van der Waals surface area contributed by atoms with Gasteiger partial charge in [0.2, 0.25) is 5.88 Å². The number of carbonyl (C=O) groups excluding carboxylic acids is 1. The summed E-state index contributed by atoms with van der Waals surface area (Å²) in [6.45, 7) is 6.93. The third kappa shape index (κ3) is 6.52. The molecule has 0 aliphatic carbocycles. The molecule has 0 fully saturated rings. The predicted octanol–water partition coefficient (Wildman–Crippen LogP) is 4.29. The van der Waals surface area contributed by atoms with Gasteiger partial charge < -0.3 is 19.9 Å². The van der Waals surface area contributed by atoms with Gasteiger partial charge in [-0.15, -0.1) is 0 Å². The van der Waals surface area contributed by atoms with Gasteiger partial charge in [-0.3, -0.25) is 0 Å². The zero-order chi connectivity index (χ0) is 28.4. The summed E-state index contributed by atoms with van der Waals surface area (Å²) in [5.41, 5.74) is 0.974. The number of carboxylic acid groups (broad SMARTS) is 1. The molecule has 2 aromatic heterocycles. The van der Waals surface area contributed by atoms with Gasteiger partial charge in [-0.05, 0) is 63.6 Å². The van der Waals surface area contributed by atoms with Crippen molar-refractivity contribution in [3.05, 3.63) is 78.2 Å². The normalized spacial score (nSPS) is 12.6. The molecule has 4 aromatic rings. The number of nitrogens with zero attached hydrogens (tertiary/aromatic N) is 3. The number of amides is 1. The molecule has 12 heteroatoms. The summed E-state index contributed by atoms with van der Waals surface area (Å²) in [6.07, 6.45) is 1.81. The molecule has 0 spiro atoms. The molecule has 0 aliphatic rings. The fraction of sp³-hybridized carbons (Fsp3) is 0.259. The molecular weight excluding hydrogens is 524 g/mol. The molecule has 0 aliphatic heterocycles. The van der Waals surface area contributed by atoms with Crippen LogP contribution in [0, 0.1) is 6.92 Å². The molecule has 0 bridgehead atoms. The number of carboxylic acids is 1. The Morgan fingerprint density at radius 2 is 1.69 bits per heavy atom. The number of aryl methyl sites for hydroxylation is 1. The molecule has 0 radical (unpaired) electrons. The quantitative estimate of drug-likeness (QED) is 0.326. The smallest absolute Gasteiger partial charge is 0.408 e. The summed E-state index contributed by atoms with van der Waals surface area (Å²) >= 11 is 0. The van der Waals surface area contributed by atoms with Crippen LogP contribution in [0.4, 0.5) is 4.79 Å². The van der Waals surface area contributed by atoms with Gasteiger partial charge in [0.05, 0.1) is 10.3 Å². The minimum Gasteiger partial charge on any atom is -0.480 e. The molecule has 1 amide bonds. The van der Waals surface area contributed by atoms with E-state index in [9.17, 15) is 23.1 Å². The lowest BCUT2D eigenvalue weighted by molar-refractivity contribution is -0.139. The van der Waals surface area contributed by atoms with Crippen molar-refractivity contribution in [1.82, 2.24) is 19.3 Å². The van der Waals surface area contributed by atoms with E-state index in [1.54, 1.807) is 63.2 Å². The maximum absolute atomic E-state index is 13.2. The Kier molecular flexibility index (Phi) is 7.59. The Bertz CT molecular complexity index is 1610. The van der Waals surface area contributed by atoms with Crippen LogP contribution in [0.25, 0.3) is 11.0 Å². The first kappa shape index (κ1) is 27.6. The number of nitrogens with one attached hydrogen (secondary N) is 1. The molecule has 4 rings (SSSR count). The van der Waals surface area contributed by atoms with Gasteiger partial charge in [0, 0.05) is 12.6 Å². The zero-order valence-electron chi connectivity index (χ0n) is 21.8. The highest BCUT2D eigenvalue weighted by Crippen LogP contribution is 2.29. The van der Waals surface area contributed by atoms with E-state index >= 15 is 0 Å². The summed E-state index contributed by atoms with van der Waals surface area (Å²) in [7, 11) is -3.89. The first-order chi connectivity index (χ1) is 18.3. The van der Waals surface area contributed by atoms with Crippen LogP contribution in [0.2, 0.25) is 0 Å². The second-order valence-corrected chi connectivity index (χ2v) is 11.6. The third-order valence-electron chi connectivity index (χ3n) is 5.56. The SMILES string of the molecule is Cc1ccc(S(=O)(=O)n2ccc3c(Oc4ccc(CC(NC(=O)OC(C)(C)C)C(=O)O)cc4)ncnc32)cc1. The van der Waals surface area contributed by atoms with E-state index in [4.69, 9.17) is 9.47 Å². The number of aliphatic carboxylic acids is 1. The van der Waals surface area contributed by atoms with Crippen molar-refractivity contribution in [2.24, 2.45) is 0 Å². The summed E-state index contributed by atoms with van der Waals surface area (Å²) in [4.78, 5) is 32.1. The molecule has 1 atom stereocenters. The van der Waals surface area contributed by atoms with E-state index in [1.165, 1.54) is 24.7 Å². The number of fused-ring (bicyclic) bond motifs is 1. The average Bonchev–Trinajstić information content (AvgIpc) is 3.30. The highest BCUT2D eigenvalue weighted by molar-refractivity contribution is 7.90. The van der Waals surface area contributed by atoms with E-state index in [2.05, 4.69) is 15.3 Å². The van der Waals surface area contributed by atoms with Crippen molar-refractivity contribution < 1.29 is 32.6 Å². The van der Waals surface area contributed by atoms with Crippen molar-refractivity contribution in [3.63, 3.8) is 0 Å². The maximum Gasteiger partial charge on any atom is 0.408 e. The second kappa shape index (κ2) is 10.7. The Labute approximate surface area is 225 Å². The third-order valence-corrected chi connectivity index (χ3v) is 7.24. The van der Waals surface area contributed by atoms with Gasteiger partial charge in [-0.25, -0.2) is 31.9 Å². The molecule has 204 valence electrons. The van der Waals surface area contributed by atoms with Crippen molar-refractivity contribution in [2.45, 2.75) is 50.7 Å². The largest absolute Gasteiger partial charge is 0.480 e. The number of alkyl carbamates (subject to hydrolysis) is 1. The molecular formula is C27H28N4O7S. The lowest BCUT2D eigenvalue weighted by Crippen LogP contribution is -2.44. The highest BCUT2D eigenvalue weighted by atomic mass is 32.2. The Morgan fingerprint density at radius 3 is 2.31 bits per heavy atom. The second-order valence-electron chi connectivity index (χ2n) is 9.83. The fourth-order valence-corrected chi connectivity index (χ4v) is 5.00. The van der Waals surface area contributed by atoms with Crippen molar-refractivity contribution in [3.8, 4) is 11.6 Å². The van der Waals surface area contributed by atoms with Crippen LogP contribution in [-0.2, 0) is 26.0 Å². The highest BCUT2D eigenvalue weighted by Gasteiger charge is 2.25. The Hall–Kier alpha value is -4.45. The molecule has 0 saturated carbocycles. The van der Waals surface area contributed by atoms with Crippen molar-refractivity contribution >= 4 is 33.1 Å². The first-order valence-corrected chi connectivity index (χ1v) is 13.4. The van der Waals surface area contributed by atoms with Gasteiger partial charge in [0.25, 0.3) is 10.0 Å². The number of carbonyl (C=O) groups is 2. The van der Waals surface area contributed by atoms with E-state index in [0.29, 0.717) is 16.7 Å². The van der Waals surface area contributed by atoms with Crippen LogP contribution < -0.4 is 10.1 Å². The minimum atomic E-state index is -3.89. The Morgan fingerprint density at radius 1 is 1.03 bits per heavy atom. The van der Waals surface area contributed by atoms with Crippen LogP contribution in [0.5, 0.6) is 11.6 Å². The molecule has 2 heterocycles. The lowest BCUT2D eigenvalue weighted by Gasteiger charge is -2.22. The number of ether oxygens (including phenoxy) is 2. The lowest BCUT2D eigenvalue weighted by atomic mass is 10.1. The van der Waals surface area contributed by atoms with Gasteiger partial charge >= 0.3 is 12.1 Å². The molecule has 1 unspecified atom stereocenters. The van der Waals surface area contributed by atoms with E-state index < -0.39 is 33.7 Å². The minimum absolute atomic E-state index is 0.0202. The molecule has 2 N–H and O–H groups in total. The molecule has 39 heavy (non-hydrogen) atoms. The van der Waals surface area contributed by atoms with Crippen LogP contribution in [-0.4, -0.2) is 51.2 Å². The number of aromatic nitrogens is 3. The summed E-state index contributed by atoms with van der Waals surface area (Å²) in [6, 6.07) is 13.4. The van der Waals surface area contributed by atoms with Gasteiger partial charge in [0.1, 0.15) is 23.7 Å². The maximum atomic E-state index is 13.2. The monoisotopic (exact) mass is 552 g/mol. The van der Waals surface area contributed by atoms with E-state index in [0.717, 1.165) is 9.54 Å². The molecule has 2 aromatic carbocycles. The summed E-state index contributed by atoms with van der Waals surface area (Å²) in [5.74, 6) is -0.657. The van der Waals surface area contributed by atoms with Crippen LogP contribution >= 0.6 is 0 Å². The number of benzene rings is 2. The number of rotatable bonds is 8. The summed E-state index contributed by atoms with van der Waals surface area (Å²) < 4.78 is 38.5. The van der Waals surface area contributed by atoms with Crippen LogP contribution in [0.15, 0.2) is 72.0 Å². The van der Waals surface area contributed by atoms with Gasteiger partial charge in [-0.2, -0.15) is 0 Å². The predicted molar refractivity (Wildman–Crippen MR) is 142 cm³/mol. The number of hydrogen-bond donors (Lipinski definition) is 2. The van der Waals surface area contributed by atoms with Crippen molar-refractivity contribution in [1.29, 1.82) is 0 Å². The Balaban J connectivity index is 1.51. The number of hydrogen-bond acceptors (Lipinski definition) is 8. The summed E-state index contributed by atoms with van der Waals surface area (Å²) in [5, 5.41) is 12.3. The van der Waals surface area contributed by atoms with E-state index in [1.807, 2.05) is 6.92 Å². The standard InChI is InChI=1S/C27H28N4O7S/c1-17-5-11-20(12-6-17)39(35,36)31-14-13-21-23(31)28-16-29-24(21)37-19-9-7-18(8-10-19)15-22(25(32)33)30-26(34)38-27(2,3)4/h5-14,16,22H,15H2,1-4H3,(H,30,34)(H,32,33). The fourth-order valence-electron chi connectivity index (χ4n) is 3.69. The van der Waals surface area contributed by atoms with Crippen LogP contribution in [0.3, 0.4) is 0 Å². The van der Waals surface area contributed by atoms with Gasteiger partial charge in [-0.1, -0.05) is 29.8 Å². The van der Waals surface area contributed by atoms with Gasteiger partial charge in [0.15, 0.2) is 5.65 Å². The molecule has 11 nitrogen and oxygen atoms in total. The van der Waals surface area contributed by atoms with Crippen LogP contribution in [0.1, 0.15) is 31.9 Å². The average molecular weight is 553 g/mol. The van der Waals surface area contributed by atoms with E-state index in [-0.39, 0.29) is 22.8 Å². The zero-order valence-corrected chi connectivity index (χ0v) is 22.6. The van der Waals surface area contributed by atoms with Crippen molar-refractivity contribution in [2.75, 3.05) is 0 Å². The molecule has 0 saturated heterocycles. The topological polar surface area (TPSA) is 150 Å². The first-order valence-electron chi connectivity index (χ1n) is 12.0.